The Bertz CT molecular complexity index is 997. The second kappa shape index (κ2) is 8.21. The molecule has 0 aliphatic heterocycles. The van der Waals surface area contributed by atoms with Crippen molar-refractivity contribution < 1.29 is 28.3 Å². The van der Waals surface area contributed by atoms with Crippen LogP contribution < -0.4 is 15.2 Å². The van der Waals surface area contributed by atoms with Gasteiger partial charge in [0.2, 0.25) is 11.7 Å². The fourth-order valence-electron chi connectivity index (χ4n) is 2.39. The van der Waals surface area contributed by atoms with Gasteiger partial charge in [-0.3, -0.25) is 4.79 Å². The number of amides is 1. The van der Waals surface area contributed by atoms with Gasteiger partial charge in [-0.05, 0) is 42.5 Å². The Morgan fingerprint density at radius 1 is 1.00 bits per heavy atom. The van der Waals surface area contributed by atoms with E-state index in [0.29, 0.717) is 28.5 Å². The first-order valence-corrected chi connectivity index (χ1v) is 8.13. The van der Waals surface area contributed by atoms with Crippen LogP contribution in [0.15, 0.2) is 47.0 Å². The first-order chi connectivity index (χ1) is 13.5. The molecule has 1 aromatic heterocycles. The zero-order chi connectivity index (χ0) is 20.1. The van der Waals surface area contributed by atoms with Gasteiger partial charge in [-0.1, -0.05) is 5.16 Å². The zero-order valence-electron chi connectivity index (χ0n) is 15.2. The molecule has 3 rings (SSSR count). The topological polar surface area (TPSA) is 127 Å². The second-order valence-corrected chi connectivity index (χ2v) is 5.60. The summed E-state index contributed by atoms with van der Waals surface area (Å²) in [4.78, 5) is 27.3. The number of primary amides is 1. The molecule has 0 aliphatic carbocycles. The maximum absolute atomic E-state index is 12.1. The van der Waals surface area contributed by atoms with Crippen molar-refractivity contribution in [3.05, 3.63) is 59.5 Å². The molecule has 9 nitrogen and oxygen atoms in total. The van der Waals surface area contributed by atoms with Gasteiger partial charge in [0.15, 0.2) is 18.1 Å². The van der Waals surface area contributed by atoms with Gasteiger partial charge in [0.05, 0.1) is 19.8 Å². The summed E-state index contributed by atoms with van der Waals surface area (Å²) in [5.74, 6) is 0.378. The molecule has 0 unspecified atom stereocenters. The molecule has 1 amide bonds. The molecule has 0 aliphatic rings. The van der Waals surface area contributed by atoms with Crippen LogP contribution in [0.5, 0.6) is 11.5 Å². The molecule has 2 aromatic carbocycles. The molecule has 0 saturated heterocycles. The molecule has 2 N–H and O–H groups in total. The van der Waals surface area contributed by atoms with Gasteiger partial charge in [0.1, 0.15) is 0 Å². The number of esters is 1. The van der Waals surface area contributed by atoms with Crippen molar-refractivity contribution in [1.82, 2.24) is 10.1 Å². The summed E-state index contributed by atoms with van der Waals surface area (Å²) >= 11 is 0. The number of aromatic nitrogens is 2. The summed E-state index contributed by atoms with van der Waals surface area (Å²) < 4.78 is 20.7. The van der Waals surface area contributed by atoms with E-state index in [4.69, 9.17) is 24.5 Å². The number of carbonyl (C=O) groups is 2. The Morgan fingerprint density at radius 2 is 1.68 bits per heavy atom. The van der Waals surface area contributed by atoms with Gasteiger partial charge in [0, 0.05) is 11.1 Å². The molecule has 0 saturated carbocycles. The summed E-state index contributed by atoms with van der Waals surface area (Å²) in [6.07, 6.45) is 0. The van der Waals surface area contributed by atoms with E-state index in [1.165, 1.54) is 31.4 Å². The van der Waals surface area contributed by atoms with Crippen LogP contribution in [0.25, 0.3) is 11.4 Å². The molecule has 0 atom stereocenters. The monoisotopic (exact) mass is 383 g/mol. The summed E-state index contributed by atoms with van der Waals surface area (Å²) in [5, 5.41) is 3.87. The van der Waals surface area contributed by atoms with E-state index in [2.05, 4.69) is 10.1 Å². The third kappa shape index (κ3) is 4.09. The first kappa shape index (κ1) is 18.9. The number of rotatable bonds is 7. The SMILES string of the molecule is COc1ccc(-c2noc(COC(=O)c3ccc(C(N)=O)cc3)n2)cc1OC. The number of nitrogens with zero attached hydrogens (tertiary/aromatic N) is 2. The zero-order valence-corrected chi connectivity index (χ0v) is 15.2. The average molecular weight is 383 g/mol. The van der Waals surface area contributed by atoms with E-state index in [1.54, 1.807) is 25.3 Å². The highest BCUT2D eigenvalue weighted by atomic mass is 16.6. The first-order valence-electron chi connectivity index (χ1n) is 8.13. The Hall–Kier alpha value is -3.88. The number of hydrogen-bond acceptors (Lipinski definition) is 8. The third-order valence-electron chi connectivity index (χ3n) is 3.84. The van der Waals surface area contributed by atoms with E-state index in [0.717, 1.165) is 0 Å². The lowest BCUT2D eigenvalue weighted by Crippen LogP contribution is -2.11. The number of methoxy groups -OCH3 is 2. The lowest BCUT2D eigenvalue weighted by atomic mass is 10.1. The number of carbonyl (C=O) groups excluding carboxylic acids is 2. The van der Waals surface area contributed by atoms with Crippen molar-refractivity contribution in [3.8, 4) is 22.9 Å². The largest absolute Gasteiger partial charge is 0.493 e. The maximum atomic E-state index is 12.1. The number of nitrogens with two attached hydrogens (primary N) is 1. The van der Waals surface area contributed by atoms with Crippen molar-refractivity contribution >= 4 is 11.9 Å². The summed E-state index contributed by atoms with van der Waals surface area (Å²) in [7, 11) is 3.07. The van der Waals surface area contributed by atoms with Crippen LogP contribution in [0, 0.1) is 0 Å². The van der Waals surface area contributed by atoms with Gasteiger partial charge >= 0.3 is 5.97 Å². The lowest BCUT2D eigenvalue weighted by Gasteiger charge is -2.07. The van der Waals surface area contributed by atoms with Crippen LogP contribution in [0.1, 0.15) is 26.6 Å². The Morgan fingerprint density at radius 3 is 2.32 bits per heavy atom. The molecule has 0 spiro atoms. The standard InChI is InChI=1S/C19H17N3O6/c1-25-14-8-7-13(9-15(14)26-2)18-21-16(28-22-18)10-27-19(24)12-5-3-11(4-6-12)17(20)23/h3-9H,10H2,1-2H3,(H2,20,23). The second-order valence-electron chi connectivity index (χ2n) is 5.60. The highest BCUT2D eigenvalue weighted by Gasteiger charge is 2.14. The van der Waals surface area contributed by atoms with Gasteiger partial charge in [0.25, 0.3) is 5.89 Å². The van der Waals surface area contributed by atoms with Crippen molar-refractivity contribution in [2.75, 3.05) is 14.2 Å². The van der Waals surface area contributed by atoms with Crippen molar-refractivity contribution in [2.24, 2.45) is 5.73 Å². The smallest absolute Gasteiger partial charge is 0.338 e. The molecule has 0 bridgehead atoms. The van der Waals surface area contributed by atoms with E-state index in [-0.39, 0.29) is 18.1 Å². The van der Waals surface area contributed by atoms with E-state index < -0.39 is 11.9 Å². The van der Waals surface area contributed by atoms with Crippen LogP contribution in [0.4, 0.5) is 0 Å². The highest BCUT2D eigenvalue weighted by Crippen LogP contribution is 2.31. The van der Waals surface area contributed by atoms with Gasteiger partial charge < -0.3 is 24.5 Å². The van der Waals surface area contributed by atoms with E-state index >= 15 is 0 Å². The van der Waals surface area contributed by atoms with Crippen LogP contribution in [-0.2, 0) is 11.3 Å². The van der Waals surface area contributed by atoms with Gasteiger partial charge in [-0.25, -0.2) is 4.79 Å². The number of hydrogen-bond donors (Lipinski definition) is 1. The summed E-state index contributed by atoms with van der Waals surface area (Å²) in [5.41, 5.74) is 6.38. The molecule has 9 heteroatoms. The molecule has 144 valence electrons. The average Bonchev–Trinajstić information content (AvgIpc) is 3.20. The Labute approximate surface area is 160 Å². The molecule has 3 aromatic rings. The van der Waals surface area contributed by atoms with E-state index in [1.807, 2.05) is 0 Å². The molecule has 28 heavy (non-hydrogen) atoms. The highest BCUT2D eigenvalue weighted by molar-refractivity contribution is 5.95. The van der Waals surface area contributed by atoms with Crippen LogP contribution in [0.3, 0.4) is 0 Å². The van der Waals surface area contributed by atoms with Crippen LogP contribution in [0.2, 0.25) is 0 Å². The van der Waals surface area contributed by atoms with Gasteiger partial charge in [-0.15, -0.1) is 0 Å². The normalized spacial score (nSPS) is 10.4. The Balaban J connectivity index is 1.66. The van der Waals surface area contributed by atoms with Crippen molar-refractivity contribution in [3.63, 3.8) is 0 Å². The minimum atomic E-state index is -0.595. The quantitative estimate of drug-likeness (QED) is 0.615. The van der Waals surface area contributed by atoms with Crippen LogP contribution >= 0.6 is 0 Å². The van der Waals surface area contributed by atoms with Crippen LogP contribution in [-0.4, -0.2) is 36.2 Å². The Kier molecular flexibility index (Phi) is 5.54. The lowest BCUT2D eigenvalue weighted by molar-refractivity contribution is 0.0429. The maximum Gasteiger partial charge on any atom is 0.338 e. The molecular formula is C19H17N3O6. The van der Waals surface area contributed by atoms with Crippen molar-refractivity contribution in [2.45, 2.75) is 6.61 Å². The predicted octanol–water partition coefficient (Wildman–Crippen LogP) is 2.21. The van der Waals surface area contributed by atoms with Crippen molar-refractivity contribution in [1.29, 1.82) is 0 Å². The summed E-state index contributed by atoms with van der Waals surface area (Å²) in [6, 6.07) is 11.0. The van der Waals surface area contributed by atoms with Gasteiger partial charge in [-0.2, -0.15) is 4.98 Å². The van der Waals surface area contributed by atoms with E-state index in [9.17, 15) is 9.59 Å². The minimum absolute atomic E-state index is 0.131. The third-order valence-corrected chi connectivity index (χ3v) is 3.84. The molecular weight excluding hydrogens is 366 g/mol. The molecule has 1 heterocycles. The summed E-state index contributed by atoms with van der Waals surface area (Å²) in [6.45, 7) is -0.198. The minimum Gasteiger partial charge on any atom is -0.493 e. The molecule has 0 fully saturated rings. The molecule has 0 radical (unpaired) electrons. The predicted molar refractivity (Wildman–Crippen MR) is 96.9 cm³/mol. The fraction of sp³-hybridized carbons (Fsp3) is 0.158. The number of benzene rings is 2. The fourth-order valence-corrected chi connectivity index (χ4v) is 2.39. The number of ether oxygens (including phenoxy) is 3.